The Morgan fingerprint density at radius 2 is 2.16 bits per heavy atom. The molecule has 1 heterocycles. The van der Waals surface area contributed by atoms with Crippen molar-refractivity contribution in [2.75, 3.05) is 13.7 Å². The van der Waals surface area contributed by atoms with Crippen LogP contribution in [0.2, 0.25) is 5.02 Å². The second kappa shape index (κ2) is 6.41. The lowest BCUT2D eigenvalue weighted by atomic mass is 10.2. The van der Waals surface area contributed by atoms with Gasteiger partial charge >= 0.3 is 0 Å². The van der Waals surface area contributed by atoms with E-state index in [2.05, 4.69) is 4.98 Å². The first kappa shape index (κ1) is 13.6. The van der Waals surface area contributed by atoms with Gasteiger partial charge in [0.05, 0.1) is 7.11 Å². The third-order valence-electron chi connectivity index (χ3n) is 2.54. The average Bonchev–Trinajstić information content (AvgIpc) is 2.45. The summed E-state index contributed by atoms with van der Waals surface area (Å²) < 4.78 is 10.6. The molecule has 2 aromatic rings. The predicted octanol–water partition coefficient (Wildman–Crippen LogP) is 2.86. The number of aliphatic hydroxyl groups excluding tert-OH is 1. The highest BCUT2D eigenvalue weighted by atomic mass is 35.5. The highest BCUT2D eigenvalue weighted by molar-refractivity contribution is 6.30. The maximum atomic E-state index is 10.1. The van der Waals surface area contributed by atoms with Gasteiger partial charge in [0.15, 0.2) is 0 Å². The van der Waals surface area contributed by atoms with Crippen molar-refractivity contribution in [1.82, 2.24) is 4.98 Å². The molecule has 1 unspecified atom stereocenters. The van der Waals surface area contributed by atoms with Crippen LogP contribution in [0.25, 0.3) is 0 Å². The second-order valence-corrected chi connectivity index (χ2v) is 4.31. The second-order valence-electron chi connectivity index (χ2n) is 3.88. The molecule has 1 aromatic carbocycles. The highest BCUT2D eigenvalue weighted by Crippen LogP contribution is 2.24. The molecule has 1 aromatic heterocycles. The number of pyridine rings is 1. The lowest BCUT2D eigenvalue weighted by Crippen LogP contribution is -2.12. The zero-order chi connectivity index (χ0) is 13.7. The van der Waals surface area contributed by atoms with Crippen molar-refractivity contribution in [3.05, 3.63) is 53.3 Å². The molecule has 2 rings (SSSR count). The van der Waals surface area contributed by atoms with Gasteiger partial charge < -0.3 is 14.6 Å². The summed E-state index contributed by atoms with van der Waals surface area (Å²) in [4.78, 5) is 4.10. The summed E-state index contributed by atoms with van der Waals surface area (Å²) in [7, 11) is 1.53. The molecule has 5 heteroatoms. The van der Waals surface area contributed by atoms with Crippen molar-refractivity contribution in [2.45, 2.75) is 6.10 Å². The van der Waals surface area contributed by atoms with Crippen molar-refractivity contribution in [3.8, 4) is 11.5 Å². The number of halogens is 1. The molecule has 0 amide bonds. The van der Waals surface area contributed by atoms with Gasteiger partial charge in [-0.2, -0.15) is 0 Å². The van der Waals surface area contributed by atoms with Crippen LogP contribution in [-0.4, -0.2) is 23.8 Å². The molecule has 0 saturated carbocycles. The minimum atomic E-state index is -0.866. The van der Waals surface area contributed by atoms with Crippen molar-refractivity contribution in [2.24, 2.45) is 0 Å². The summed E-state index contributed by atoms with van der Waals surface area (Å²) >= 11 is 5.85. The molecule has 100 valence electrons. The van der Waals surface area contributed by atoms with E-state index in [1.54, 1.807) is 42.6 Å². The molecule has 0 bridgehead atoms. The molecule has 1 atom stereocenters. The number of hydrogen-bond acceptors (Lipinski definition) is 4. The van der Waals surface area contributed by atoms with Crippen LogP contribution >= 0.6 is 11.6 Å². The van der Waals surface area contributed by atoms with Crippen molar-refractivity contribution in [3.63, 3.8) is 0 Å². The molecule has 0 fully saturated rings. The highest BCUT2D eigenvalue weighted by Gasteiger charge is 2.15. The van der Waals surface area contributed by atoms with Crippen LogP contribution in [0, 0.1) is 0 Å². The first-order chi connectivity index (χ1) is 9.20. The molecule has 0 radical (unpaired) electrons. The van der Waals surface area contributed by atoms with Gasteiger partial charge in [-0.15, -0.1) is 0 Å². The smallest absolute Gasteiger partial charge is 0.143 e. The molecule has 19 heavy (non-hydrogen) atoms. The molecule has 0 spiro atoms. The van der Waals surface area contributed by atoms with E-state index in [0.29, 0.717) is 22.2 Å². The Balaban J connectivity index is 2.03. The van der Waals surface area contributed by atoms with E-state index in [1.807, 2.05) is 0 Å². The van der Waals surface area contributed by atoms with E-state index in [4.69, 9.17) is 21.1 Å². The Hall–Kier alpha value is -1.78. The fourth-order valence-corrected chi connectivity index (χ4v) is 1.82. The van der Waals surface area contributed by atoms with Gasteiger partial charge in [0.2, 0.25) is 0 Å². The quantitative estimate of drug-likeness (QED) is 0.914. The molecule has 0 aliphatic carbocycles. The lowest BCUT2D eigenvalue weighted by molar-refractivity contribution is 0.102. The number of rotatable bonds is 5. The van der Waals surface area contributed by atoms with Gasteiger partial charge in [0, 0.05) is 11.2 Å². The normalized spacial score (nSPS) is 11.9. The molecule has 0 aliphatic rings. The van der Waals surface area contributed by atoms with E-state index in [1.165, 1.54) is 7.11 Å². The summed E-state index contributed by atoms with van der Waals surface area (Å²) in [5, 5.41) is 10.6. The van der Waals surface area contributed by atoms with Crippen molar-refractivity contribution >= 4 is 11.6 Å². The average molecular weight is 280 g/mol. The van der Waals surface area contributed by atoms with E-state index in [-0.39, 0.29) is 6.61 Å². The molecule has 1 N–H and O–H groups in total. The maximum Gasteiger partial charge on any atom is 0.143 e. The fourth-order valence-electron chi connectivity index (χ4n) is 1.64. The zero-order valence-electron chi connectivity index (χ0n) is 10.4. The van der Waals surface area contributed by atoms with Crippen LogP contribution in [0.1, 0.15) is 11.8 Å². The van der Waals surface area contributed by atoms with Crippen LogP contribution < -0.4 is 9.47 Å². The first-order valence-corrected chi connectivity index (χ1v) is 6.14. The Morgan fingerprint density at radius 3 is 2.89 bits per heavy atom. The minimum Gasteiger partial charge on any atom is -0.495 e. The van der Waals surface area contributed by atoms with E-state index in [9.17, 15) is 5.11 Å². The Labute approximate surface area is 116 Å². The van der Waals surface area contributed by atoms with Crippen LogP contribution in [-0.2, 0) is 0 Å². The summed E-state index contributed by atoms with van der Waals surface area (Å²) in [5.41, 5.74) is 0.451. The molecule has 0 aliphatic heterocycles. The SMILES string of the molecule is COc1cccnc1C(O)COc1cccc(Cl)c1. The summed E-state index contributed by atoms with van der Waals surface area (Å²) in [6.45, 7) is 0.0771. The van der Waals surface area contributed by atoms with Crippen molar-refractivity contribution in [1.29, 1.82) is 0 Å². The van der Waals surface area contributed by atoms with Crippen LogP contribution in [0.5, 0.6) is 11.5 Å². The van der Waals surface area contributed by atoms with E-state index in [0.717, 1.165) is 0 Å². The van der Waals surface area contributed by atoms with Crippen molar-refractivity contribution < 1.29 is 14.6 Å². The monoisotopic (exact) mass is 279 g/mol. The number of hydrogen-bond donors (Lipinski definition) is 1. The number of aromatic nitrogens is 1. The number of nitrogens with zero attached hydrogens (tertiary/aromatic N) is 1. The number of methoxy groups -OCH3 is 1. The van der Waals surface area contributed by atoms with Crippen LogP contribution in [0.4, 0.5) is 0 Å². The van der Waals surface area contributed by atoms with E-state index < -0.39 is 6.10 Å². The third kappa shape index (κ3) is 3.59. The molecule has 4 nitrogen and oxygen atoms in total. The summed E-state index contributed by atoms with van der Waals surface area (Å²) in [5.74, 6) is 1.13. The van der Waals surface area contributed by atoms with Gasteiger partial charge in [-0.3, -0.25) is 4.98 Å². The van der Waals surface area contributed by atoms with Crippen LogP contribution in [0.3, 0.4) is 0 Å². The summed E-state index contributed by atoms with van der Waals surface area (Å²) in [6, 6.07) is 10.5. The fraction of sp³-hybridized carbons (Fsp3) is 0.214. The Kier molecular flexibility index (Phi) is 4.60. The number of aliphatic hydroxyl groups is 1. The largest absolute Gasteiger partial charge is 0.495 e. The number of ether oxygens (including phenoxy) is 2. The predicted molar refractivity (Wildman–Crippen MR) is 72.7 cm³/mol. The lowest BCUT2D eigenvalue weighted by Gasteiger charge is -2.14. The van der Waals surface area contributed by atoms with Crippen LogP contribution in [0.15, 0.2) is 42.6 Å². The van der Waals surface area contributed by atoms with E-state index >= 15 is 0 Å². The first-order valence-electron chi connectivity index (χ1n) is 5.76. The van der Waals surface area contributed by atoms with Gasteiger partial charge in [0.1, 0.15) is 29.9 Å². The third-order valence-corrected chi connectivity index (χ3v) is 2.77. The van der Waals surface area contributed by atoms with Gasteiger partial charge in [-0.25, -0.2) is 0 Å². The molecular formula is C14H14ClNO3. The minimum absolute atomic E-state index is 0.0771. The Bertz CT molecular complexity index is 548. The van der Waals surface area contributed by atoms with Gasteiger partial charge in [-0.1, -0.05) is 17.7 Å². The van der Waals surface area contributed by atoms with Gasteiger partial charge in [0.25, 0.3) is 0 Å². The topological polar surface area (TPSA) is 51.6 Å². The maximum absolute atomic E-state index is 10.1. The van der Waals surface area contributed by atoms with Gasteiger partial charge in [-0.05, 0) is 30.3 Å². The summed E-state index contributed by atoms with van der Waals surface area (Å²) in [6.07, 6.45) is 0.732. The molecular weight excluding hydrogens is 266 g/mol. The standard InChI is InChI=1S/C14H14ClNO3/c1-18-13-6-3-7-16-14(13)12(17)9-19-11-5-2-4-10(15)8-11/h2-8,12,17H,9H2,1H3. The number of benzene rings is 1. The zero-order valence-corrected chi connectivity index (χ0v) is 11.2. The molecule has 0 saturated heterocycles. The Morgan fingerprint density at radius 1 is 1.32 bits per heavy atom.